The lowest BCUT2D eigenvalue weighted by atomic mass is 10.2. The van der Waals surface area contributed by atoms with E-state index in [2.05, 4.69) is 32.2 Å². The van der Waals surface area contributed by atoms with Crippen LogP contribution in [0.4, 0.5) is 5.69 Å². The minimum Gasteiger partial charge on any atom is -0.368 e. The molecule has 23 heavy (non-hydrogen) atoms. The van der Waals surface area contributed by atoms with Gasteiger partial charge >= 0.3 is 0 Å². The van der Waals surface area contributed by atoms with Crippen molar-refractivity contribution in [1.29, 1.82) is 0 Å². The predicted octanol–water partition coefficient (Wildman–Crippen LogP) is 1.92. The van der Waals surface area contributed by atoms with Crippen molar-refractivity contribution in [3.05, 3.63) is 54.5 Å². The summed E-state index contributed by atoms with van der Waals surface area (Å²) in [4.78, 5) is 21.0. The summed E-state index contributed by atoms with van der Waals surface area (Å²) in [5, 5.41) is 7.85. The number of pyridine rings is 1. The van der Waals surface area contributed by atoms with Crippen LogP contribution in [-0.2, 0) is 0 Å². The molecule has 0 bridgehead atoms. The fraction of sp³-hybridized carbons (Fsp3) is 0.235. The molecule has 6 heteroatoms. The number of hydrogen-bond acceptors (Lipinski definition) is 4. The van der Waals surface area contributed by atoms with E-state index in [-0.39, 0.29) is 5.91 Å². The largest absolute Gasteiger partial charge is 0.368 e. The molecular weight excluding hydrogens is 290 g/mol. The third-order valence-electron chi connectivity index (χ3n) is 4.26. The van der Waals surface area contributed by atoms with Crippen LogP contribution < -0.4 is 4.90 Å². The van der Waals surface area contributed by atoms with E-state index in [1.807, 2.05) is 29.2 Å². The maximum Gasteiger partial charge on any atom is 0.275 e. The quantitative estimate of drug-likeness (QED) is 0.785. The molecule has 2 aromatic heterocycles. The van der Waals surface area contributed by atoms with Gasteiger partial charge in [-0.3, -0.25) is 14.9 Å². The first kappa shape index (κ1) is 13.8. The number of aromatic nitrogens is 3. The number of aromatic amines is 1. The fourth-order valence-corrected chi connectivity index (χ4v) is 2.98. The highest BCUT2D eigenvalue weighted by molar-refractivity contribution is 6.04. The molecule has 1 aliphatic rings. The number of benzene rings is 1. The zero-order valence-corrected chi connectivity index (χ0v) is 12.6. The van der Waals surface area contributed by atoms with E-state index >= 15 is 0 Å². The minimum absolute atomic E-state index is 0.0306. The normalized spacial score (nSPS) is 15.1. The highest BCUT2D eigenvalue weighted by atomic mass is 16.2. The monoisotopic (exact) mass is 307 g/mol. The Labute approximate surface area is 133 Å². The van der Waals surface area contributed by atoms with E-state index < -0.39 is 0 Å². The van der Waals surface area contributed by atoms with Crippen LogP contribution in [0.15, 0.2) is 48.8 Å². The van der Waals surface area contributed by atoms with Gasteiger partial charge < -0.3 is 9.80 Å². The number of nitrogens with zero attached hydrogens (tertiary/aromatic N) is 4. The molecule has 0 unspecified atom stereocenters. The van der Waals surface area contributed by atoms with E-state index in [1.165, 1.54) is 5.69 Å². The summed E-state index contributed by atoms with van der Waals surface area (Å²) < 4.78 is 0. The number of piperazine rings is 1. The second-order valence-electron chi connectivity index (χ2n) is 5.61. The number of carbonyl (C=O) groups is 1. The lowest BCUT2D eigenvalue weighted by molar-refractivity contribution is 0.0742. The third-order valence-corrected chi connectivity index (χ3v) is 4.26. The Morgan fingerprint density at radius 3 is 2.61 bits per heavy atom. The molecular formula is C17H17N5O. The van der Waals surface area contributed by atoms with Crippen LogP contribution >= 0.6 is 0 Å². The Balaban J connectivity index is 1.49. The predicted molar refractivity (Wildman–Crippen MR) is 88.4 cm³/mol. The van der Waals surface area contributed by atoms with Crippen LogP contribution in [0.25, 0.3) is 10.9 Å². The summed E-state index contributed by atoms with van der Waals surface area (Å²) in [6.45, 7) is 3.05. The number of hydrogen-bond donors (Lipinski definition) is 1. The number of fused-ring (bicyclic) bond motifs is 1. The topological polar surface area (TPSA) is 65.1 Å². The summed E-state index contributed by atoms with van der Waals surface area (Å²) in [6.07, 6.45) is 3.37. The van der Waals surface area contributed by atoms with E-state index in [9.17, 15) is 4.79 Å². The number of amides is 1. The summed E-state index contributed by atoms with van der Waals surface area (Å²) in [5.74, 6) is -0.0306. The van der Waals surface area contributed by atoms with Gasteiger partial charge in [0, 0.05) is 44.3 Å². The maximum absolute atomic E-state index is 12.7. The number of rotatable bonds is 2. The van der Waals surface area contributed by atoms with Crippen LogP contribution in [0.5, 0.6) is 0 Å². The molecule has 1 aromatic carbocycles. The van der Waals surface area contributed by atoms with Gasteiger partial charge in [-0.25, -0.2) is 0 Å². The number of nitrogens with one attached hydrogen (secondary N) is 1. The van der Waals surface area contributed by atoms with Crippen molar-refractivity contribution in [2.45, 2.75) is 0 Å². The van der Waals surface area contributed by atoms with Gasteiger partial charge in [0.2, 0.25) is 0 Å². The van der Waals surface area contributed by atoms with Crippen molar-refractivity contribution in [2.24, 2.45) is 0 Å². The molecule has 1 amide bonds. The number of anilines is 1. The molecule has 1 aliphatic heterocycles. The lowest BCUT2D eigenvalue weighted by Crippen LogP contribution is -2.48. The fourth-order valence-electron chi connectivity index (χ4n) is 2.98. The van der Waals surface area contributed by atoms with Crippen molar-refractivity contribution in [1.82, 2.24) is 20.1 Å². The molecule has 3 aromatic rings. The van der Waals surface area contributed by atoms with E-state index in [0.29, 0.717) is 18.8 Å². The lowest BCUT2D eigenvalue weighted by Gasteiger charge is -2.35. The molecule has 0 aliphatic carbocycles. The second kappa shape index (κ2) is 5.72. The molecule has 6 nitrogen and oxygen atoms in total. The van der Waals surface area contributed by atoms with Gasteiger partial charge in [0.05, 0.1) is 10.9 Å². The van der Waals surface area contributed by atoms with Gasteiger partial charge in [-0.05, 0) is 18.2 Å². The Morgan fingerprint density at radius 2 is 1.83 bits per heavy atom. The van der Waals surface area contributed by atoms with Gasteiger partial charge in [0.1, 0.15) is 0 Å². The first-order valence-corrected chi connectivity index (χ1v) is 7.70. The Kier molecular flexibility index (Phi) is 3.42. The van der Waals surface area contributed by atoms with Gasteiger partial charge in [-0.1, -0.05) is 18.2 Å². The molecule has 1 N–H and O–H groups in total. The SMILES string of the molecule is O=C(c1n[nH]c2ccncc12)N1CCN(c2ccccc2)CC1. The van der Waals surface area contributed by atoms with Crippen molar-refractivity contribution in [2.75, 3.05) is 31.1 Å². The van der Waals surface area contributed by atoms with Crippen molar-refractivity contribution in [3.63, 3.8) is 0 Å². The molecule has 0 atom stereocenters. The third kappa shape index (κ3) is 2.52. The highest BCUT2D eigenvalue weighted by Crippen LogP contribution is 2.19. The van der Waals surface area contributed by atoms with E-state index in [1.54, 1.807) is 12.4 Å². The molecule has 0 radical (unpaired) electrons. The number of carbonyl (C=O) groups excluding carboxylic acids is 1. The average Bonchev–Trinajstić information content (AvgIpc) is 3.06. The zero-order chi connectivity index (χ0) is 15.6. The molecule has 4 rings (SSSR count). The Bertz CT molecular complexity index is 821. The molecule has 116 valence electrons. The zero-order valence-electron chi connectivity index (χ0n) is 12.6. The summed E-state index contributed by atoms with van der Waals surface area (Å²) in [7, 11) is 0. The minimum atomic E-state index is -0.0306. The van der Waals surface area contributed by atoms with Crippen LogP contribution in [0, 0.1) is 0 Å². The second-order valence-corrected chi connectivity index (χ2v) is 5.61. The molecule has 0 saturated carbocycles. The standard InChI is InChI=1S/C17H17N5O/c23-17(16-14-12-18-7-6-15(14)19-20-16)22-10-8-21(9-11-22)13-4-2-1-3-5-13/h1-7,12H,8-11H2,(H,19,20). The van der Waals surface area contributed by atoms with Crippen LogP contribution in [0.3, 0.4) is 0 Å². The first-order valence-electron chi connectivity index (χ1n) is 7.70. The molecule has 1 fully saturated rings. The van der Waals surface area contributed by atoms with Crippen LogP contribution in [-0.4, -0.2) is 52.2 Å². The van der Waals surface area contributed by atoms with Gasteiger partial charge in [0.25, 0.3) is 5.91 Å². The number of para-hydroxylation sites is 1. The molecule has 3 heterocycles. The van der Waals surface area contributed by atoms with Crippen molar-refractivity contribution in [3.8, 4) is 0 Å². The first-order chi connectivity index (χ1) is 11.3. The van der Waals surface area contributed by atoms with E-state index in [4.69, 9.17) is 0 Å². The molecule has 0 spiro atoms. The van der Waals surface area contributed by atoms with Crippen LogP contribution in [0.2, 0.25) is 0 Å². The highest BCUT2D eigenvalue weighted by Gasteiger charge is 2.25. The molecule has 1 saturated heterocycles. The summed E-state index contributed by atoms with van der Waals surface area (Å²) in [6, 6.07) is 12.1. The van der Waals surface area contributed by atoms with E-state index in [0.717, 1.165) is 24.0 Å². The summed E-state index contributed by atoms with van der Waals surface area (Å²) >= 11 is 0. The van der Waals surface area contributed by atoms with Gasteiger partial charge in [0.15, 0.2) is 5.69 Å². The van der Waals surface area contributed by atoms with Crippen molar-refractivity contribution < 1.29 is 4.79 Å². The number of H-pyrrole nitrogens is 1. The summed E-state index contributed by atoms with van der Waals surface area (Å²) in [5.41, 5.74) is 2.50. The Morgan fingerprint density at radius 1 is 1.04 bits per heavy atom. The van der Waals surface area contributed by atoms with Gasteiger partial charge in [-0.2, -0.15) is 5.10 Å². The van der Waals surface area contributed by atoms with Gasteiger partial charge in [-0.15, -0.1) is 0 Å². The van der Waals surface area contributed by atoms with Crippen molar-refractivity contribution >= 4 is 22.5 Å². The smallest absolute Gasteiger partial charge is 0.275 e. The Hall–Kier alpha value is -2.89. The average molecular weight is 307 g/mol. The maximum atomic E-state index is 12.7. The van der Waals surface area contributed by atoms with Crippen LogP contribution in [0.1, 0.15) is 10.5 Å².